The Hall–Kier alpha value is -1.04. The van der Waals surface area contributed by atoms with Crippen molar-refractivity contribution in [2.75, 3.05) is 7.05 Å². The third-order valence-electron chi connectivity index (χ3n) is 4.28. The maximum absolute atomic E-state index is 12.2. The molecule has 1 fully saturated rings. The highest BCUT2D eigenvalue weighted by Gasteiger charge is 2.29. The van der Waals surface area contributed by atoms with Gasteiger partial charge in [0.2, 0.25) is 5.91 Å². The van der Waals surface area contributed by atoms with Gasteiger partial charge in [-0.2, -0.15) is 5.26 Å². The third kappa shape index (κ3) is 4.01. The first-order valence-electron chi connectivity index (χ1n) is 7.26. The molecule has 0 heterocycles. The van der Waals surface area contributed by atoms with Crippen LogP contribution >= 0.6 is 0 Å². The number of hydrogen-bond donors (Lipinski definition) is 0. The molecular formula is C15H26N2O. The van der Waals surface area contributed by atoms with Crippen LogP contribution < -0.4 is 0 Å². The minimum atomic E-state index is -0.310. The molecular weight excluding hydrogens is 224 g/mol. The summed E-state index contributed by atoms with van der Waals surface area (Å²) in [7, 11) is 1.75. The Kier molecular flexibility index (Phi) is 6.18. The fourth-order valence-electron chi connectivity index (χ4n) is 2.76. The van der Waals surface area contributed by atoms with Crippen LogP contribution in [0.3, 0.4) is 0 Å². The summed E-state index contributed by atoms with van der Waals surface area (Å²) >= 11 is 0. The molecule has 0 bridgehead atoms. The number of unbranched alkanes of at least 4 members (excludes halogenated alkanes) is 1. The molecule has 0 aromatic carbocycles. The number of carbonyl (C=O) groups excluding carboxylic acids is 1. The van der Waals surface area contributed by atoms with E-state index in [2.05, 4.69) is 13.0 Å². The van der Waals surface area contributed by atoms with Gasteiger partial charge in [0, 0.05) is 13.0 Å². The monoisotopic (exact) mass is 250 g/mol. The summed E-state index contributed by atoms with van der Waals surface area (Å²) in [6, 6.07) is 1.82. The van der Waals surface area contributed by atoms with Crippen LogP contribution in [0.2, 0.25) is 0 Å². The van der Waals surface area contributed by atoms with Crippen LogP contribution in [0, 0.1) is 23.2 Å². The van der Waals surface area contributed by atoms with Gasteiger partial charge in [-0.25, -0.2) is 0 Å². The van der Waals surface area contributed by atoms with Gasteiger partial charge in [0.05, 0.1) is 6.07 Å². The zero-order chi connectivity index (χ0) is 13.5. The smallest absolute Gasteiger partial charge is 0.226 e. The van der Waals surface area contributed by atoms with E-state index in [1.807, 2.05) is 0 Å². The fraction of sp³-hybridized carbons (Fsp3) is 0.867. The summed E-state index contributed by atoms with van der Waals surface area (Å²) in [5.41, 5.74) is 0. The number of nitrogens with zero attached hydrogens (tertiary/aromatic N) is 2. The third-order valence-corrected chi connectivity index (χ3v) is 4.28. The Morgan fingerprint density at radius 1 is 1.39 bits per heavy atom. The predicted molar refractivity (Wildman–Crippen MR) is 72.8 cm³/mol. The molecule has 0 spiro atoms. The van der Waals surface area contributed by atoms with E-state index >= 15 is 0 Å². The molecule has 102 valence electrons. The SMILES string of the molecule is CCCCC1CCC(C(=O)N(C)C(C)C#N)CC1. The summed E-state index contributed by atoms with van der Waals surface area (Å²) in [4.78, 5) is 13.8. The Morgan fingerprint density at radius 3 is 2.50 bits per heavy atom. The van der Waals surface area contributed by atoms with E-state index in [1.165, 1.54) is 32.1 Å². The van der Waals surface area contributed by atoms with Crippen molar-refractivity contribution < 1.29 is 4.79 Å². The van der Waals surface area contributed by atoms with Gasteiger partial charge in [-0.15, -0.1) is 0 Å². The fourth-order valence-corrected chi connectivity index (χ4v) is 2.76. The van der Waals surface area contributed by atoms with Gasteiger partial charge in [0.15, 0.2) is 0 Å². The van der Waals surface area contributed by atoms with Gasteiger partial charge in [0.1, 0.15) is 6.04 Å². The number of hydrogen-bond acceptors (Lipinski definition) is 2. The van der Waals surface area contributed by atoms with Crippen LogP contribution in [0.5, 0.6) is 0 Å². The first-order chi connectivity index (χ1) is 8.60. The first kappa shape index (κ1) is 15.0. The number of rotatable bonds is 5. The second kappa shape index (κ2) is 7.41. The first-order valence-corrected chi connectivity index (χ1v) is 7.26. The molecule has 18 heavy (non-hydrogen) atoms. The van der Waals surface area contributed by atoms with Crippen molar-refractivity contribution in [1.82, 2.24) is 4.90 Å². The van der Waals surface area contributed by atoms with Gasteiger partial charge >= 0.3 is 0 Å². The van der Waals surface area contributed by atoms with Gasteiger partial charge in [0.25, 0.3) is 0 Å². The lowest BCUT2D eigenvalue weighted by Gasteiger charge is -2.31. The van der Waals surface area contributed by atoms with Gasteiger partial charge < -0.3 is 4.90 Å². The van der Waals surface area contributed by atoms with E-state index in [-0.39, 0.29) is 17.9 Å². The van der Waals surface area contributed by atoms with Crippen molar-refractivity contribution in [3.63, 3.8) is 0 Å². The summed E-state index contributed by atoms with van der Waals surface area (Å²) in [5.74, 6) is 1.15. The molecule has 1 unspecified atom stereocenters. The summed E-state index contributed by atoms with van der Waals surface area (Å²) < 4.78 is 0. The molecule has 0 aromatic rings. The minimum Gasteiger partial charge on any atom is -0.330 e. The van der Waals surface area contributed by atoms with Crippen LogP contribution in [0.15, 0.2) is 0 Å². The number of amides is 1. The molecule has 0 radical (unpaired) electrons. The van der Waals surface area contributed by atoms with Crippen molar-refractivity contribution >= 4 is 5.91 Å². The summed E-state index contributed by atoms with van der Waals surface area (Å²) in [5, 5.41) is 8.85. The zero-order valence-corrected chi connectivity index (χ0v) is 12.0. The zero-order valence-electron chi connectivity index (χ0n) is 12.0. The van der Waals surface area contributed by atoms with Crippen molar-refractivity contribution in [2.24, 2.45) is 11.8 Å². The lowest BCUT2D eigenvalue weighted by Crippen LogP contribution is -2.39. The topological polar surface area (TPSA) is 44.1 Å². The second-order valence-electron chi connectivity index (χ2n) is 5.61. The molecule has 1 rings (SSSR count). The van der Waals surface area contributed by atoms with Crippen LogP contribution in [-0.4, -0.2) is 23.9 Å². The van der Waals surface area contributed by atoms with Crippen LogP contribution in [0.4, 0.5) is 0 Å². The average molecular weight is 250 g/mol. The number of carbonyl (C=O) groups is 1. The standard InChI is InChI=1S/C15H26N2O/c1-4-5-6-13-7-9-14(10-8-13)15(18)17(3)12(2)11-16/h12-14H,4-10H2,1-3H3. The highest BCUT2D eigenvalue weighted by atomic mass is 16.2. The van der Waals surface area contributed by atoms with Crippen molar-refractivity contribution in [3.05, 3.63) is 0 Å². The lowest BCUT2D eigenvalue weighted by molar-refractivity contribution is -0.136. The van der Waals surface area contributed by atoms with E-state index in [1.54, 1.807) is 18.9 Å². The normalized spacial score (nSPS) is 25.2. The van der Waals surface area contributed by atoms with Crippen molar-refractivity contribution in [2.45, 2.75) is 64.8 Å². The molecule has 1 atom stereocenters. The molecule has 0 aliphatic heterocycles. The van der Waals surface area contributed by atoms with E-state index in [9.17, 15) is 4.79 Å². The highest BCUT2D eigenvalue weighted by Crippen LogP contribution is 2.32. The molecule has 0 aromatic heterocycles. The van der Waals surface area contributed by atoms with Crippen LogP contribution in [0.1, 0.15) is 58.8 Å². The summed E-state index contributed by atoms with van der Waals surface area (Å²) in [6.07, 6.45) is 8.29. The molecule has 3 nitrogen and oxygen atoms in total. The van der Waals surface area contributed by atoms with Crippen LogP contribution in [-0.2, 0) is 4.79 Å². The van der Waals surface area contributed by atoms with E-state index in [4.69, 9.17) is 5.26 Å². The molecule has 0 N–H and O–H groups in total. The van der Waals surface area contributed by atoms with Crippen molar-refractivity contribution in [3.8, 4) is 6.07 Å². The molecule has 1 amide bonds. The van der Waals surface area contributed by atoms with Crippen LogP contribution in [0.25, 0.3) is 0 Å². The molecule has 1 saturated carbocycles. The maximum Gasteiger partial charge on any atom is 0.226 e. The Bertz CT molecular complexity index is 300. The Balaban J connectivity index is 2.38. The average Bonchev–Trinajstić information content (AvgIpc) is 2.43. The van der Waals surface area contributed by atoms with Gasteiger partial charge in [-0.3, -0.25) is 4.79 Å². The maximum atomic E-state index is 12.2. The molecule has 1 aliphatic rings. The Labute approximate surface area is 111 Å². The molecule has 1 aliphatic carbocycles. The molecule has 3 heteroatoms. The van der Waals surface area contributed by atoms with Gasteiger partial charge in [-0.1, -0.05) is 26.2 Å². The van der Waals surface area contributed by atoms with E-state index in [0.717, 1.165) is 18.8 Å². The highest BCUT2D eigenvalue weighted by molar-refractivity contribution is 5.79. The Morgan fingerprint density at radius 2 is 2.00 bits per heavy atom. The summed E-state index contributed by atoms with van der Waals surface area (Å²) in [6.45, 7) is 4.01. The van der Waals surface area contributed by atoms with E-state index in [0.29, 0.717) is 0 Å². The lowest BCUT2D eigenvalue weighted by atomic mass is 9.79. The number of nitriles is 1. The van der Waals surface area contributed by atoms with Crippen molar-refractivity contribution in [1.29, 1.82) is 5.26 Å². The molecule has 0 saturated heterocycles. The van der Waals surface area contributed by atoms with Gasteiger partial charge in [-0.05, 0) is 38.5 Å². The second-order valence-corrected chi connectivity index (χ2v) is 5.61. The largest absolute Gasteiger partial charge is 0.330 e. The predicted octanol–water partition coefficient (Wildman–Crippen LogP) is 3.35. The van der Waals surface area contributed by atoms with E-state index < -0.39 is 0 Å². The quantitative estimate of drug-likeness (QED) is 0.751. The minimum absolute atomic E-state index is 0.156.